The molecule has 0 saturated carbocycles. The maximum Gasteiger partial charge on any atom is 0.181 e. The van der Waals surface area contributed by atoms with Crippen molar-refractivity contribution in [2.75, 3.05) is 13.1 Å². The summed E-state index contributed by atoms with van der Waals surface area (Å²) in [6.07, 6.45) is 0.910. The summed E-state index contributed by atoms with van der Waals surface area (Å²) in [5.41, 5.74) is -0.440. The van der Waals surface area contributed by atoms with Gasteiger partial charge in [-0.1, -0.05) is 37.3 Å². The summed E-state index contributed by atoms with van der Waals surface area (Å²) in [4.78, 5) is 12.1. The summed E-state index contributed by atoms with van der Waals surface area (Å²) in [5, 5.41) is 21.1. The molecule has 2 atom stereocenters. The van der Waals surface area contributed by atoms with Crippen LogP contribution < -0.4 is 0 Å². The number of carbonyl (C=O) groups is 1. The molecule has 1 aliphatic rings. The van der Waals surface area contributed by atoms with Gasteiger partial charge in [0.25, 0.3) is 0 Å². The van der Waals surface area contributed by atoms with E-state index in [1.807, 2.05) is 37.3 Å². The number of hydrogen-bond acceptors (Lipinski definition) is 4. The van der Waals surface area contributed by atoms with Crippen molar-refractivity contribution < 1.29 is 15.1 Å². The molecule has 4 nitrogen and oxygen atoms in total. The lowest BCUT2D eigenvalue weighted by Gasteiger charge is -2.30. The van der Waals surface area contributed by atoms with E-state index < -0.39 is 5.60 Å². The highest BCUT2D eigenvalue weighted by Gasteiger charge is 2.43. The van der Waals surface area contributed by atoms with E-state index in [4.69, 9.17) is 0 Å². The predicted octanol–water partition coefficient (Wildman–Crippen LogP) is 1.26. The van der Waals surface area contributed by atoms with Crippen molar-refractivity contribution in [3.8, 4) is 0 Å². The molecule has 0 amide bonds. The molecule has 0 bridgehead atoms. The summed E-state index contributed by atoms with van der Waals surface area (Å²) in [7, 11) is 0. The van der Waals surface area contributed by atoms with E-state index in [9.17, 15) is 15.1 Å². The number of hydrogen-bond donors (Lipinski definition) is 2. The molecule has 1 heterocycles. The Balaban J connectivity index is 2.23. The van der Waals surface area contributed by atoms with Gasteiger partial charge in [0.15, 0.2) is 5.78 Å². The van der Waals surface area contributed by atoms with Gasteiger partial charge in [-0.05, 0) is 17.9 Å². The Bertz CT molecular complexity index is 420. The number of ketones is 1. The van der Waals surface area contributed by atoms with Crippen LogP contribution in [0.2, 0.25) is 0 Å². The lowest BCUT2D eigenvalue weighted by atomic mass is 9.79. The minimum Gasteiger partial charge on any atom is -0.381 e. The fourth-order valence-electron chi connectivity index (χ4n) is 2.42. The smallest absolute Gasteiger partial charge is 0.181 e. The number of nitrogens with zero attached hydrogens (tertiary/aromatic N) is 1. The van der Waals surface area contributed by atoms with Gasteiger partial charge in [0.1, 0.15) is 5.60 Å². The van der Waals surface area contributed by atoms with Crippen molar-refractivity contribution in [2.45, 2.75) is 25.4 Å². The Morgan fingerprint density at radius 3 is 2.72 bits per heavy atom. The van der Waals surface area contributed by atoms with Gasteiger partial charge < -0.3 is 10.3 Å². The maximum absolute atomic E-state index is 12.1. The third-order valence-electron chi connectivity index (χ3n) is 3.76. The van der Waals surface area contributed by atoms with Gasteiger partial charge >= 0.3 is 0 Å². The highest BCUT2D eigenvalue weighted by molar-refractivity contribution is 5.89. The Morgan fingerprint density at radius 2 is 2.06 bits per heavy atom. The maximum atomic E-state index is 12.1. The third kappa shape index (κ3) is 2.61. The van der Waals surface area contributed by atoms with Crippen LogP contribution in [0.25, 0.3) is 0 Å². The van der Waals surface area contributed by atoms with E-state index in [1.54, 1.807) is 0 Å². The van der Waals surface area contributed by atoms with Crippen LogP contribution in [0.3, 0.4) is 0 Å². The fourth-order valence-corrected chi connectivity index (χ4v) is 2.42. The number of aliphatic hydroxyl groups is 1. The van der Waals surface area contributed by atoms with Crippen molar-refractivity contribution in [3.63, 3.8) is 0 Å². The van der Waals surface area contributed by atoms with Crippen molar-refractivity contribution in [2.24, 2.45) is 5.92 Å². The van der Waals surface area contributed by atoms with Gasteiger partial charge in [-0.3, -0.25) is 4.79 Å². The first-order valence-electron chi connectivity index (χ1n) is 6.26. The van der Waals surface area contributed by atoms with E-state index in [-0.39, 0.29) is 18.2 Å². The van der Waals surface area contributed by atoms with Crippen molar-refractivity contribution in [1.29, 1.82) is 0 Å². The van der Waals surface area contributed by atoms with Crippen LogP contribution >= 0.6 is 0 Å². The first kappa shape index (κ1) is 13.2. The molecule has 18 heavy (non-hydrogen) atoms. The highest BCUT2D eigenvalue weighted by Crippen LogP contribution is 2.29. The molecule has 0 spiro atoms. The van der Waals surface area contributed by atoms with E-state index in [0.717, 1.165) is 10.6 Å². The zero-order valence-corrected chi connectivity index (χ0v) is 10.5. The average molecular weight is 249 g/mol. The molecule has 0 aliphatic carbocycles. The molecular formula is C14H19NO3. The number of carbonyl (C=O) groups excluding carboxylic acids is 1. The largest absolute Gasteiger partial charge is 0.381 e. The molecule has 98 valence electrons. The minimum absolute atomic E-state index is 0.103. The lowest BCUT2D eigenvalue weighted by molar-refractivity contribution is -0.149. The first-order valence-corrected chi connectivity index (χ1v) is 6.26. The molecule has 1 aromatic carbocycles. The number of benzene rings is 1. The molecule has 4 heteroatoms. The molecule has 0 radical (unpaired) electrons. The van der Waals surface area contributed by atoms with Crippen LogP contribution in [0.15, 0.2) is 30.3 Å². The quantitative estimate of drug-likeness (QED) is 0.828. The molecule has 0 aromatic heterocycles. The SMILES string of the molecule is CC1CCN(O)CC(=O)C1(O)Cc1ccccc1. The summed E-state index contributed by atoms with van der Waals surface area (Å²) >= 11 is 0. The summed E-state index contributed by atoms with van der Waals surface area (Å²) in [6, 6.07) is 9.49. The predicted molar refractivity (Wildman–Crippen MR) is 67.2 cm³/mol. The molecule has 1 aromatic rings. The van der Waals surface area contributed by atoms with Gasteiger partial charge in [0.2, 0.25) is 0 Å². The lowest BCUT2D eigenvalue weighted by Crippen LogP contribution is -2.48. The van der Waals surface area contributed by atoms with Gasteiger partial charge in [-0.15, -0.1) is 0 Å². The van der Waals surface area contributed by atoms with E-state index in [2.05, 4.69) is 0 Å². The summed E-state index contributed by atoms with van der Waals surface area (Å²) in [6.45, 7) is 2.18. The van der Waals surface area contributed by atoms with E-state index >= 15 is 0 Å². The molecule has 2 N–H and O–H groups in total. The summed E-state index contributed by atoms with van der Waals surface area (Å²) in [5.74, 6) is -0.471. The second-order valence-corrected chi connectivity index (χ2v) is 5.09. The number of Topliss-reactive ketones (excluding diaryl/α,β-unsaturated/α-hetero) is 1. The fraction of sp³-hybridized carbons (Fsp3) is 0.500. The van der Waals surface area contributed by atoms with Crippen LogP contribution in [0, 0.1) is 5.92 Å². The molecule has 1 aliphatic heterocycles. The molecular weight excluding hydrogens is 230 g/mol. The summed E-state index contributed by atoms with van der Waals surface area (Å²) < 4.78 is 0. The molecule has 1 saturated heterocycles. The van der Waals surface area contributed by atoms with E-state index in [1.165, 1.54) is 0 Å². The van der Waals surface area contributed by atoms with Crippen LogP contribution in [-0.2, 0) is 11.2 Å². The van der Waals surface area contributed by atoms with Gasteiger partial charge in [-0.2, -0.15) is 5.06 Å². The zero-order valence-electron chi connectivity index (χ0n) is 10.5. The normalized spacial score (nSPS) is 30.2. The monoisotopic (exact) mass is 249 g/mol. The topological polar surface area (TPSA) is 60.8 Å². The Morgan fingerprint density at radius 1 is 1.39 bits per heavy atom. The second kappa shape index (κ2) is 5.18. The first-order chi connectivity index (χ1) is 8.52. The minimum atomic E-state index is -1.38. The van der Waals surface area contributed by atoms with Crippen LogP contribution in [0.5, 0.6) is 0 Å². The van der Waals surface area contributed by atoms with Gasteiger partial charge in [0, 0.05) is 13.0 Å². The Hall–Kier alpha value is -1.23. The highest BCUT2D eigenvalue weighted by atomic mass is 16.5. The second-order valence-electron chi connectivity index (χ2n) is 5.09. The number of hydroxylamine groups is 2. The molecule has 2 unspecified atom stereocenters. The van der Waals surface area contributed by atoms with Crippen LogP contribution in [0.1, 0.15) is 18.9 Å². The van der Waals surface area contributed by atoms with Crippen molar-refractivity contribution in [3.05, 3.63) is 35.9 Å². The van der Waals surface area contributed by atoms with Gasteiger partial charge in [-0.25, -0.2) is 0 Å². The average Bonchev–Trinajstić information content (AvgIpc) is 2.44. The van der Waals surface area contributed by atoms with Crippen molar-refractivity contribution in [1.82, 2.24) is 5.06 Å². The standard InChI is InChI=1S/C14H19NO3/c1-11-7-8-15(18)10-13(16)14(11,17)9-12-5-3-2-4-6-12/h2-6,11,17-18H,7-10H2,1H3. The third-order valence-corrected chi connectivity index (χ3v) is 3.76. The Labute approximate surface area is 107 Å². The zero-order chi connectivity index (χ0) is 13.2. The molecule has 1 fully saturated rings. The Kier molecular flexibility index (Phi) is 3.80. The van der Waals surface area contributed by atoms with Crippen LogP contribution in [-0.4, -0.2) is 39.9 Å². The van der Waals surface area contributed by atoms with Gasteiger partial charge in [0.05, 0.1) is 6.54 Å². The van der Waals surface area contributed by atoms with Crippen LogP contribution in [0.4, 0.5) is 0 Å². The van der Waals surface area contributed by atoms with Crippen molar-refractivity contribution >= 4 is 5.78 Å². The molecule has 2 rings (SSSR count). The van der Waals surface area contributed by atoms with E-state index in [0.29, 0.717) is 19.4 Å². The number of rotatable bonds is 2.